The van der Waals surface area contributed by atoms with Gasteiger partial charge in [0.1, 0.15) is 0 Å². The number of rotatable bonds is 15. The van der Waals surface area contributed by atoms with Gasteiger partial charge in [0, 0.05) is 18.9 Å². The van der Waals surface area contributed by atoms with E-state index in [-0.39, 0.29) is 12.5 Å². The number of alkyl halides is 3. The molecule has 4 N–H and O–H groups in total. The fourth-order valence-electron chi connectivity index (χ4n) is 2.73. The van der Waals surface area contributed by atoms with Crippen LogP contribution in [-0.2, 0) is 0 Å². The molecule has 0 saturated carbocycles. The van der Waals surface area contributed by atoms with Crippen molar-refractivity contribution in [3.05, 3.63) is 0 Å². The third-order valence-electron chi connectivity index (χ3n) is 4.37. The minimum atomic E-state index is -4.01. The average molecular weight is 355 g/mol. The molecule has 0 rings (SSSR count). The summed E-state index contributed by atoms with van der Waals surface area (Å²) in [6.07, 6.45) is 4.59. The number of unbranched alkanes of at least 4 members (excludes halogenated alkanes) is 9. The Morgan fingerprint density at radius 1 is 0.792 bits per heavy atom. The molecule has 0 aliphatic heterocycles. The van der Waals surface area contributed by atoms with Crippen LogP contribution in [0.15, 0.2) is 0 Å². The van der Waals surface area contributed by atoms with Crippen LogP contribution in [0.5, 0.6) is 0 Å². The summed E-state index contributed by atoms with van der Waals surface area (Å²) in [5, 5.41) is 19.3. The maximum absolute atomic E-state index is 11.9. The smallest absolute Gasteiger partial charge is 0.389 e. The number of nitrogens with two attached hydrogens (primary N) is 1. The first-order valence-corrected chi connectivity index (χ1v) is 9.41. The lowest BCUT2D eigenvalue weighted by molar-refractivity contribution is -0.135. The molecule has 0 spiro atoms. The van der Waals surface area contributed by atoms with Gasteiger partial charge in [0.2, 0.25) is 0 Å². The Hall–Kier alpha value is -0.330. The average Bonchev–Trinajstić information content (AvgIpc) is 2.47. The summed E-state index contributed by atoms with van der Waals surface area (Å²) in [6, 6.07) is -0.312. The topological polar surface area (TPSA) is 66.5 Å². The molecule has 0 amide bonds. The van der Waals surface area contributed by atoms with E-state index < -0.39 is 24.8 Å². The van der Waals surface area contributed by atoms with Crippen LogP contribution in [0, 0.1) is 0 Å². The summed E-state index contributed by atoms with van der Waals surface area (Å²) < 4.78 is 35.8. The fraction of sp³-hybridized carbons (Fsp3) is 1.00. The molecule has 0 aromatic carbocycles. The zero-order valence-corrected chi connectivity index (χ0v) is 15.0. The predicted octanol–water partition coefficient (Wildman–Crippen LogP) is 4.69. The second-order valence-electron chi connectivity index (χ2n) is 7.01. The van der Waals surface area contributed by atoms with Gasteiger partial charge >= 0.3 is 6.18 Å². The Morgan fingerprint density at radius 2 is 1.21 bits per heavy atom. The zero-order chi connectivity index (χ0) is 18.4. The van der Waals surface area contributed by atoms with E-state index in [4.69, 9.17) is 5.73 Å². The summed E-state index contributed by atoms with van der Waals surface area (Å²) in [5.74, 6) is 0. The fourth-order valence-corrected chi connectivity index (χ4v) is 2.73. The van der Waals surface area contributed by atoms with E-state index >= 15 is 0 Å². The Morgan fingerprint density at radius 3 is 1.62 bits per heavy atom. The Bertz CT molecular complexity index is 286. The summed E-state index contributed by atoms with van der Waals surface area (Å²) in [4.78, 5) is 0. The highest BCUT2D eigenvalue weighted by atomic mass is 19.4. The maximum atomic E-state index is 11.9. The van der Waals surface area contributed by atoms with Crippen LogP contribution < -0.4 is 5.73 Å². The molecule has 0 bridgehead atoms. The number of hydrogen-bond donors (Lipinski definition) is 3. The van der Waals surface area contributed by atoms with Crippen LogP contribution in [0.1, 0.15) is 90.4 Å². The minimum absolute atomic E-state index is 0.253. The largest absolute Gasteiger partial charge is 0.393 e. The van der Waals surface area contributed by atoms with E-state index in [1.165, 1.54) is 0 Å². The van der Waals surface area contributed by atoms with Crippen molar-refractivity contribution in [3.63, 3.8) is 0 Å². The highest BCUT2D eigenvalue weighted by Crippen LogP contribution is 2.23. The maximum Gasteiger partial charge on any atom is 0.389 e. The van der Waals surface area contributed by atoms with Gasteiger partial charge in [-0.15, -0.1) is 0 Å². The molecule has 0 unspecified atom stereocenters. The summed E-state index contributed by atoms with van der Waals surface area (Å²) in [7, 11) is 0. The number of halogens is 3. The molecule has 6 heteroatoms. The van der Waals surface area contributed by atoms with E-state index in [1.807, 2.05) is 0 Å². The molecule has 146 valence electrons. The molecule has 0 aromatic rings. The van der Waals surface area contributed by atoms with Crippen LogP contribution in [0.2, 0.25) is 0 Å². The van der Waals surface area contributed by atoms with Crippen molar-refractivity contribution in [2.75, 3.05) is 0 Å². The summed E-state index contributed by atoms with van der Waals surface area (Å²) in [5.41, 5.74) is 5.55. The lowest BCUT2D eigenvalue weighted by Crippen LogP contribution is -2.34. The van der Waals surface area contributed by atoms with Crippen molar-refractivity contribution in [3.8, 4) is 0 Å². The molecule has 0 aromatic heterocycles. The highest BCUT2D eigenvalue weighted by molar-refractivity contribution is 4.70. The first-order valence-electron chi connectivity index (χ1n) is 9.41. The number of aliphatic hydroxyl groups excluding tert-OH is 2. The van der Waals surface area contributed by atoms with Gasteiger partial charge in [-0.2, -0.15) is 13.2 Å². The van der Waals surface area contributed by atoms with Crippen molar-refractivity contribution in [1.29, 1.82) is 0 Å². The van der Waals surface area contributed by atoms with E-state index in [9.17, 15) is 23.4 Å². The van der Waals surface area contributed by atoms with E-state index in [0.29, 0.717) is 19.3 Å². The molecule has 0 saturated heterocycles. The molecule has 3 atom stereocenters. The van der Waals surface area contributed by atoms with Gasteiger partial charge in [-0.1, -0.05) is 57.8 Å². The Labute approximate surface area is 144 Å². The predicted molar refractivity (Wildman–Crippen MR) is 91.7 cm³/mol. The summed E-state index contributed by atoms with van der Waals surface area (Å²) >= 11 is 0. The molecule has 3 nitrogen and oxygen atoms in total. The molecular weight excluding hydrogens is 319 g/mol. The molecule has 0 aliphatic rings. The van der Waals surface area contributed by atoms with Crippen LogP contribution >= 0.6 is 0 Å². The van der Waals surface area contributed by atoms with Crippen molar-refractivity contribution in [2.24, 2.45) is 5.73 Å². The molecule has 24 heavy (non-hydrogen) atoms. The Kier molecular flexibility index (Phi) is 13.7. The monoisotopic (exact) mass is 355 g/mol. The summed E-state index contributed by atoms with van der Waals surface area (Å²) in [6.45, 7) is 1.73. The highest BCUT2D eigenvalue weighted by Gasteiger charge is 2.25. The van der Waals surface area contributed by atoms with Crippen LogP contribution in [0.3, 0.4) is 0 Å². The molecule has 0 heterocycles. The van der Waals surface area contributed by atoms with E-state index in [0.717, 1.165) is 51.4 Å². The first kappa shape index (κ1) is 23.7. The van der Waals surface area contributed by atoms with Gasteiger partial charge in [0.25, 0.3) is 0 Å². The lowest BCUT2D eigenvalue weighted by Gasteiger charge is -2.18. The molecule has 0 fully saturated rings. The van der Waals surface area contributed by atoms with Gasteiger partial charge in [-0.05, 0) is 19.8 Å². The second-order valence-corrected chi connectivity index (χ2v) is 7.01. The quantitative estimate of drug-likeness (QED) is 0.373. The van der Waals surface area contributed by atoms with Crippen molar-refractivity contribution >= 4 is 0 Å². The van der Waals surface area contributed by atoms with Gasteiger partial charge in [0.15, 0.2) is 0 Å². The van der Waals surface area contributed by atoms with Gasteiger partial charge in [0.05, 0.1) is 12.2 Å². The lowest BCUT2D eigenvalue weighted by atomic mass is 10.0. The molecule has 0 radical (unpaired) electrons. The minimum Gasteiger partial charge on any atom is -0.393 e. The van der Waals surface area contributed by atoms with Gasteiger partial charge < -0.3 is 15.9 Å². The van der Waals surface area contributed by atoms with Gasteiger partial charge in [-0.25, -0.2) is 0 Å². The number of hydrogen-bond acceptors (Lipinski definition) is 3. The zero-order valence-electron chi connectivity index (χ0n) is 15.0. The third-order valence-corrected chi connectivity index (χ3v) is 4.37. The Balaban J connectivity index is 3.25. The van der Waals surface area contributed by atoms with Crippen LogP contribution in [-0.4, -0.2) is 34.6 Å². The SMILES string of the molecule is C[C@H](N)[C@@H](O)C[C@@H](O)CCCCCCCCCCCCC(F)(F)F. The molecule has 0 aliphatic carbocycles. The van der Waals surface area contributed by atoms with Crippen LogP contribution in [0.4, 0.5) is 13.2 Å². The van der Waals surface area contributed by atoms with Crippen LogP contribution in [0.25, 0.3) is 0 Å². The van der Waals surface area contributed by atoms with Crippen molar-refractivity contribution < 1.29 is 23.4 Å². The normalized spacial score (nSPS) is 16.1. The van der Waals surface area contributed by atoms with Crippen molar-refractivity contribution in [2.45, 2.75) is 115 Å². The first-order chi connectivity index (χ1) is 11.2. The standard InChI is InChI=1S/C18H36F3NO2/c1-15(22)17(24)14-16(23)12-10-8-6-4-2-3-5-7-9-11-13-18(19,20)21/h15-17,23-24H,2-14,22H2,1H3/t15-,16-,17-/m0/s1. The number of aliphatic hydroxyl groups is 2. The van der Waals surface area contributed by atoms with Gasteiger partial charge in [-0.3, -0.25) is 0 Å². The van der Waals surface area contributed by atoms with E-state index in [2.05, 4.69) is 0 Å². The second kappa shape index (κ2) is 13.9. The van der Waals surface area contributed by atoms with E-state index in [1.54, 1.807) is 6.92 Å². The molecular formula is C18H36F3NO2. The third kappa shape index (κ3) is 16.5. The van der Waals surface area contributed by atoms with Crippen molar-refractivity contribution in [1.82, 2.24) is 0 Å².